The highest BCUT2D eigenvalue weighted by molar-refractivity contribution is 5.75. The lowest BCUT2D eigenvalue weighted by atomic mass is 10.0. The zero-order valence-corrected chi connectivity index (χ0v) is 8.49. The molecule has 2 amide bonds. The number of carbonyl (C=O) groups is 1. The Hall–Kier alpha value is -1.55. The Kier molecular flexibility index (Phi) is 2.87. The van der Waals surface area contributed by atoms with Crippen molar-refractivity contribution < 1.29 is 4.79 Å². The molecule has 1 aromatic carbocycles. The molecule has 1 unspecified atom stereocenters. The molecule has 1 saturated heterocycles. The average molecular weight is 205 g/mol. The Morgan fingerprint density at radius 1 is 1.47 bits per heavy atom. The van der Waals surface area contributed by atoms with E-state index in [1.807, 2.05) is 18.2 Å². The second kappa shape index (κ2) is 4.31. The van der Waals surface area contributed by atoms with Crippen LogP contribution < -0.4 is 16.4 Å². The SMILES string of the molecule is NCc1cccc(C2CCNC(=O)N2)c1. The predicted octanol–water partition coefficient (Wildman–Crippen LogP) is 0.889. The van der Waals surface area contributed by atoms with Gasteiger partial charge >= 0.3 is 6.03 Å². The fourth-order valence-corrected chi connectivity index (χ4v) is 1.80. The van der Waals surface area contributed by atoms with Crippen LogP contribution in [0.3, 0.4) is 0 Å². The second-order valence-electron chi connectivity index (χ2n) is 3.69. The van der Waals surface area contributed by atoms with Crippen LogP contribution in [0.1, 0.15) is 23.6 Å². The number of hydrogen-bond acceptors (Lipinski definition) is 2. The summed E-state index contributed by atoms with van der Waals surface area (Å²) in [5, 5.41) is 5.63. The molecule has 15 heavy (non-hydrogen) atoms. The molecule has 80 valence electrons. The minimum absolute atomic E-state index is 0.0931. The van der Waals surface area contributed by atoms with Crippen LogP contribution in [0.25, 0.3) is 0 Å². The largest absolute Gasteiger partial charge is 0.338 e. The minimum atomic E-state index is -0.0931. The molecule has 0 bridgehead atoms. The molecule has 1 aromatic rings. The lowest BCUT2D eigenvalue weighted by Gasteiger charge is -2.24. The molecule has 0 aliphatic carbocycles. The highest BCUT2D eigenvalue weighted by Gasteiger charge is 2.18. The van der Waals surface area contributed by atoms with Gasteiger partial charge in [-0.3, -0.25) is 0 Å². The van der Waals surface area contributed by atoms with Crippen LogP contribution in [-0.2, 0) is 6.54 Å². The number of urea groups is 1. The van der Waals surface area contributed by atoms with Crippen molar-refractivity contribution in [1.82, 2.24) is 10.6 Å². The smallest absolute Gasteiger partial charge is 0.315 e. The van der Waals surface area contributed by atoms with E-state index in [4.69, 9.17) is 5.73 Å². The number of amides is 2. The number of carbonyl (C=O) groups excluding carboxylic acids is 1. The van der Waals surface area contributed by atoms with E-state index in [1.165, 1.54) is 0 Å². The lowest BCUT2D eigenvalue weighted by molar-refractivity contribution is 0.229. The van der Waals surface area contributed by atoms with Crippen LogP contribution >= 0.6 is 0 Å². The fraction of sp³-hybridized carbons (Fsp3) is 0.364. The van der Waals surface area contributed by atoms with E-state index in [2.05, 4.69) is 16.7 Å². The minimum Gasteiger partial charge on any atom is -0.338 e. The fourth-order valence-electron chi connectivity index (χ4n) is 1.80. The zero-order chi connectivity index (χ0) is 10.7. The first-order valence-corrected chi connectivity index (χ1v) is 5.13. The van der Waals surface area contributed by atoms with Gasteiger partial charge in [0.2, 0.25) is 0 Å². The van der Waals surface area contributed by atoms with Gasteiger partial charge in [-0.1, -0.05) is 24.3 Å². The first-order valence-electron chi connectivity index (χ1n) is 5.13. The maximum atomic E-state index is 11.2. The molecule has 0 radical (unpaired) electrons. The number of nitrogens with two attached hydrogens (primary N) is 1. The van der Waals surface area contributed by atoms with Crippen LogP contribution in [0.4, 0.5) is 4.79 Å². The standard InChI is InChI=1S/C11H15N3O/c12-7-8-2-1-3-9(6-8)10-4-5-13-11(15)14-10/h1-3,6,10H,4-5,7,12H2,(H2,13,14,15). The number of rotatable bonds is 2. The van der Waals surface area contributed by atoms with Crippen molar-refractivity contribution in [2.75, 3.05) is 6.54 Å². The Labute approximate surface area is 88.9 Å². The highest BCUT2D eigenvalue weighted by Crippen LogP contribution is 2.19. The predicted molar refractivity (Wildman–Crippen MR) is 58.2 cm³/mol. The summed E-state index contributed by atoms with van der Waals surface area (Å²) >= 11 is 0. The number of hydrogen-bond donors (Lipinski definition) is 3. The third kappa shape index (κ3) is 2.27. The molecular weight excluding hydrogens is 190 g/mol. The van der Waals surface area contributed by atoms with E-state index in [0.717, 1.165) is 24.1 Å². The van der Waals surface area contributed by atoms with E-state index >= 15 is 0 Å². The van der Waals surface area contributed by atoms with Crippen molar-refractivity contribution in [3.63, 3.8) is 0 Å². The highest BCUT2D eigenvalue weighted by atomic mass is 16.2. The summed E-state index contributed by atoms with van der Waals surface area (Å²) in [5.74, 6) is 0. The van der Waals surface area contributed by atoms with Crippen molar-refractivity contribution in [2.45, 2.75) is 19.0 Å². The third-order valence-electron chi connectivity index (χ3n) is 2.61. The maximum Gasteiger partial charge on any atom is 0.315 e. The normalized spacial score (nSPS) is 20.6. The van der Waals surface area contributed by atoms with Gasteiger partial charge in [0.25, 0.3) is 0 Å². The molecule has 4 nitrogen and oxygen atoms in total. The van der Waals surface area contributed by atoms with Crippen LogP contribution in [0.15, 0.2) is 24.3 Å². The summed E-state index contributed by atoms with van der Waals surface area (Å²) in [5.41, 5.74) is 7.81. The Balaban J connectivity index is 2.17. The van der Waals surface area contributed by atoms with Crippen molar-refractivity contribution in [2.24, 2.45) is 5.73 Å². The quantitative estimate of drug-likeness (QED) is 0.671. The van der Waals surface area contributed by atoms with E-state index in [0.29, 0.717) is 6.54 Å². The van der Waals surface area contributed by atoms with Crippen LogP contribution in [0.2, 0.25) is 0 Å². The monoisotopic (exact) mass is 205 g/mol. The van der Waals surface area contributed by atoms with Crippen LogP contribution in [-0.4, -0.2) is 12.6 Å². The van der Waals surface area contributed by atoms with Crippen molar-refractivity contribution in [3.05, 3.63) is 35.4 Å². The number of nitrogens with one attached hydrogen (secondary N) is 2. The van der Waals surface area contributed by atoms with Gasteiger partial charge < -0.3 is 16.4 Å². The maximum absolute atomic E-state index is 11.2. The Morgan fingerprint density at radius 2 is 2.33 bits per heavy atom. The van der Waals surface area contributed by atoms with E-state index < -0.39 is 0 Å². The molecule has 0 aromatic heterocycles. The van der Waals surface area contributed by atoms with E-state index in [-0.39, 0.29) is 12.1 Å². The van der Waals surface area contributed by atoms with Gasteiger partial charge in [-0.15, -0.1) is 0 Å². The summed E-state index contributed by atoms with van der Waals surface area (Å²) < 4.78 is 0. The van der Waals surface area contributed by atoms with Gasteiger partial charge in [-0.05, 0) is 17.5 Å². The average Bonchev–Trinajstić information content (AvgIpc) is 2.29. The van der Waals surface area contributed by atoms with Crippen molar-refractivity contribution in [3.8, 4) is 0 Å². The topological polar surface area (TPSA) is 67.1 Å². The van der Waals surface area contributed by atoms with Crippen molar-refractivity contribution in [1.29, 1.82) is 0 Å². The summed E-state index contributed by atoms with van der Waals surface area (Å²) in [6.07, 6.45) is 0.916. The lowest BCUT2D eigenvalue weighted by Crippen LogP contribution is -2.44. The first kappa shape index (κ1) is 9.98. The molecule has 0 spiro atoms. The molecule has 1 aliphatic rings. The molecular formula is C11H15N3O. The van der Waals surface area contributed by atoms with Crippen molar-refractivity contribution >= 4 is 6.03 Å². The first-order chi connectivity index (χ1) is 7.29. The Bertz CT molecular complexity index is 365. The zero-order valence-electron chi connectivity index (χ0n) is 8.49. The Morgan fingerprint density at radius 3 is 3.07 bits per heavy atom. The summed E-state index contributed by atoms with van der Waals surface area (Å²) in [7, 11) is 0. The molecule has 4 N–H and O–H groups in total. The van der Waals surface area contributed by atoms with Gasteiger partial charge in [0.15, 0.2) is 0 Å². The molecule has 1 aliphatic heterocycles. The molecule has 1 fully saturated rings. The molecule has 4 heteroatoms. The van der Waals surface area contributed by atoms with Gasteiger partial charge in [0, 0.05) is 13.1 Å². The van der Waals surface area contributed by atoms with Gasteiger partial charge in [0.05, 0.1) is 6.04 Å². The summed E-state index contributed by atoms with van der Waals surface area (Å²) in [4.78, 5) is 11.2. The third-order valence-corrected chi connectivity index (χ3v) is 2.61. The molecule has 1 heterocycles. The van der Waals surface area contributed by atoms with E-state index in [9.17, 15) is 4.79 Å². The molecule has 2 rings (SSSR count). The van der Waals surface area contributed by atoms with Crippen LogP contribution in [0.5, 0.6) is 0 Å². The molecule has 1 atom stereocenters. The summed E-state index contributed by atoms with van der Waals surface area (Å²) in [6.45, 7) is 1.26. The van der Waals surface area contributed by atoms with Crippen LogP contribution in [0, 0.1) is 0 Å². The van der Waals surface area contributed by atoms with Gasteiger partial charge in [-0.2, -0.15) is 0 Å². The molecule has 0 saturated carbocycles. The van der Waals surface area contributed by atoms with Gasteiger partial charge in [-0.25, -0.2) is 4.79 Å². The second-order valence-corrected chi connectivity index (χ2v) is 3.69. The number of benzene rings is 1. The summed E-state index contributed by atoms with van der Waals surface area (Å²) in [6, 6.07) is 8.07. The van der Waals surface area contributed by atoms with E-state index in [1.54, 1.807) is 0 Å². The van der Waals surface area contributed by atoms with Gasteiger partial charge in [0.1, 0.15) is 0 Å².